The monoisotopic (exact) mass is 439 g/mol. The molecule has 6 nitrogen and oxygen atoms in total. The van der Waals surface area contributed by atoms with Gasteiger partial charge in [-0.05, 0) is 54.2 Å². The van der Waals surface area contributed by atoms with Gasteiger partial charge in [0.05, 0.1) is 33.6 Å². The van der Waals surface area contributed by atoms with Crippen molar-refractivity contribution in [1.29, 1.82) is 0 Å². The van der Waals surface area contributed by atoms with E-state index >= 15 is 4.39 Å². The Morgan fingerprint density at radius 1 is 1.26 bits per heavy atom. The van der Waals surface area contributed by atoms with Gasteiger partial charge in [0.15, 0.2) is 5.82 Å². The van der Waals surface area contributed by atoms with Gasteiger partial charge >= 0.3 is 5.97 Å². The molecular weight excluding hydrogens is 421 g/mol. The van der Waals surface area contributed by atoms with Crippen LogP contribution in [0.15, 0.2) is 42.7 Å². The lowest BCUT2D eigenvalue weighted by atomic mass is 9.79. The number of amides is 1. The fourth-order valence-corrected chi connectivity index (χ4v) is 4.94. The van der Waals surface area contributed by atoms with E-state index in [2.05, 4.69) is 5.10 Å². The molecule has 158 valence electrons. The van der Waals surface area contributed by atoms with Crippen LogP contribution in [0.25, 0.3) is 0 Å². The molecule has 1 aliphatic heterocycles. The third-order valence-electron chi connectivity index (χ3n) is 6.19. The van der Waals surface area contributed by atoms with E-state index in [1.807, 2.05) is 6.92 Å². The summed E-state index contributed by atoms with van der Waals surface area (Å²) in [6.07, 6.45) is 4.83. The number of hydrogen-bond donors (Lipinski definition) is 1. The van der Waals surface area contributed by atoms with Gasteiger partial charge in [0, 0.05) is 12.7 Å². The van der Waals surface area contributed by atoms with Crippen LogP contribution < -0.4 is 4.90 Å². The summed E-state index contributed by atoms with van der Waals surface area (Å²) in [5.74, 6) is -1.92. The first kappa shape index (κ1) is 19.8. The Bertz CT molecular complexity index is 1250. The number of fused-ring (bicyclic) bond motifs is 3. The normalized spacial score (nSPS) is 19.2. The third-order valence-corrected chi connectivity index (χ3v) is 6.48. The van der Waals surface area contributed by atoms with Crippen molar-refractivity contribution in [1.82, 2.24) is 9.78 Å². The molecule has 0 fully saturated rings. The molecule has 0 saturated carbocycles. The van der Waals surface area contributed by atoms with Gasteiger partial charge in [-0.3, -0.25) is 14.4 Å². The van der Waals surface area contributed by atoms with E-state index in [-0.39, 0.29) is 22.2 Å². The van der Waals surface area contributed by atoms with E-state index in [1.54, 1.807) is 35.3 Å². The molecule has 0 bridgehead atoms. The van der Waals surface area contributed by atoms with Crippen LogP contribution in [0.4, 0.5) is 15.8 Å². The fraction of sp³-hybridized carbons (Fsp3) is 0.261. The van der Waals surface area contributed by atoms with Crippen molar-refractivity contribution in [3.05, 3.63) is 75.8 Å². The van der Waals surface area contributed by atoms with Crippen LogP contribution in [0.3, 0.4) is 0 Å². The van der Waals surface area contributed by atoms with Crippen LogP contribution in [-0.4, -0.2) is 26.8 Å². The second-order valence-electron chi connectivity index (χ2n) is 8.08. The molecule has 2 aliphatic rings. The van der Waals surface area contributed by atoms with Crippen molar-refractivity contribution in [2.75, 3.05) is 4.90 Å². The zero-order valence-corrected chi connectivity index (χ0v) is 17.5. The number of anilines is 2. The molecule has 1 N–H and O–H groups in total. The summed E-state index contributed by atoms with van der Waals surface area (Å²) in [6, 6.07) is 8.07. The number of benzene rings is 2. The van der Waals surface area contributed by atoms with Crippen LogP contribution in [0.1, 0.15) is 40.4 Å². The van der Waals surface area contributed by atoms with Crippen LogP contribution in [-0.2, 0) is 29.6 Å². The Labute approximate surface area is 182 Å². The minimum absolute atomic E-state index is 0.0572. The van der Waals surface area contributed by atoms with Gasteiger partial charge in [-0.25, -0.2) is 9.18 Å². The number of carbonyl (C=O) groups is 2. The van der Waals surface area contributed by atoms with Crippen molar-refractivity contribution < 1.29 is 19.1 Å². The molecule has 0 saturated heterocycles. The first-order chi connectivity index (χ1) is 14.9. The minimum atomic E-state index is -1.02. The summed E-state index contributed by atoms with van der Waals surface area (Å²) in [5.41, 5.74) is 2.05. The molecule has 0 radical (unpaired) electrons. The fourth-order valence-electron chi connectivity index (χ4n) is 4.79. The Kier molecular flexibility index (Phi) is 4.41. The van der Waals surface area contributed by atoms with Crippen LogP contribution in [0.5, 0.6) is 0 Å². The quantitative estimate of drug-likeness (QED) is 0.649. The summed E-state index contributed by atoms with van der Waals surface area (Å²) < 4.78 is 17.0. The second kappa shape index (κ2) is 6.92. The van der Waals surface area contributed by atoms with E-state index in [0.717, 1.165) is 17.5 Å². The standard InChI is InChI=1S/C23H19ClFN3O3/c1-2-7-27-12-16(11-26-27)28-20-17(5-6-18(24)19(20)25)23(22(28)31)9-14-4-3-13(21(29)30)8-15(14)10-23/h3-6,8,11-12H,2,7,9-10H2,1H3,(H,29,30). The highest BCUT2D eigenvalue weighted by molar-refractivity contribution is 6.31. The second-order valence-corrected chi connectivity index (χ2v) is 8.49. The molecule has 1 atom stereocenters. The van der Waals surface area contributed by atoms with Gasteiger partial charge < -0.3 is 5.11 Å². The Morgan fingerprint density at radius 3 is 2.77 bits per heavy atom. The molecule has 1 unspecified atom stereocenters. The molecule has 3 aromatic rings. The zero-order valence-electron chi connectivity index (χ0n) is 16.7. The van der Waals surface area contributed by atoms with Gasteiger partial charge in [-0.2, -0.15) is 5.10 Å². The first-order valence-electron chi connectivity index (χ1n) is 10.1. The number of hydrogen-bond acceptors (Lipinski definition) is 3. The summed E-state index contributed by atoms with van der Waals surface area (Å²) in [4.78, 5) is 26.6. The number of carboxylic acid groups (broad SMARTS) is 1. The number of aromatic nitrogens is 2. The van der Waals surface area contributed by atoms with Crippen LogP contribution >= 0.6 is 11.6 Å². The van der Waals surface area contributed by atoms with Crippen molar-refractivity contribution in [3.8, 4) is 0 Å². The van der Waals surface area contributed by atoms with Gasteiger partial charge in [0.1, 0.15) is 0 Å². The highest BCUT2D eigenvalue weighted by atomic mass is 35.5. The maximum absolute atomic E-state index is 15.3. The number of nitrogens with zero attached hydrogens (tertiary/aromatic N) is 3. The summed E-state index contributed by atoms with van der Waals surface area (Å²) in [5, 5.41) is 13.6. The van der Waals surface area contributed by atoms with Gasteiger partial charge in [-0.15, -0.1) is 0 Å². The molecule has 8 heteroatoms. The lowest BCUT2D eigenvalue weighted by molar-refractivity contribution is -0.122. The highest BCUT2D eigenvalue weighted by Crippen LogP contribution is 2.53. The van der Waals surface area contributed by atoms with E-state index in [0.29, 0.717) is 30.6 Å². The zero-order chi connectivity index (χ0) is 21.9. The van der Waals surface area contributed by atoms with E-state index < -0.39 is 17.2 Å². The number of carbonyl (C=O) groups excluding carboxylic acids is 1. The maximum atomic E-state index is 15.3. The average molecular weight is 440 g/mol. The Hall–Kier alpha value is -3.19. The molecule has 1 aromatic heterocycles. The van der Waals surface area contributed by atoms with Gasteiger partial charge in [0.2, 0.25) is 5.91 Å². The van der Waals surface area contributed by atoms with Crippen LogP contribution in [0.2, 0.25) is 5.02 Å². The van der Waals surface area contributed by atoms with Gasteiger partial charge in [-0.1, -0.05) is 30.7 Å². The summed E-state index contributed by atoms with van der Waals surface area (Å²) in [6.45, 7) is 2.70. The largest absolute Gasteiger partial charge is 0.478 e. The number of aryl methyl sites for hydroxylation is 1. The minimum Gasteiger partial charge on any atom is -0.478 e. The van der Waals surface area contributed by atoms with Crippen molar-refractivity contribution >= 4 is 34.9 Å². The molecule has 2 heterocycles. The molecular formula is C23H19ClFN3O3. The third kappa shape index (κ3) is 2.80. The summed E-state index contributed by atoms with van der Waals surface area (Å²) >= 11 is 6.09. The smallest absolute Gasteiger partial charge is 0.335 e. The molecule has 31 heavy (non-hydrogen) atoms. The maximum Gasteiger partial charge on any atom is 0.335 e. The Balaban J connectivity index is 1.66. The van der Waals surface area contributed by atoms with Crippen molar-refractivity contribution in [3.63, 3.8) is 0 Å². The molecule has 1 spiro atoms. The SMILES string of the molecule is CCCn1cc(N2C(=O)C3(Cc4ccc(C(=O)O)cc4C3)c3ccc(Cl)c(F)c32)cn1. The topological polar surface area (TPSA) is 75.4 Å². The van der Waals surface area contributed by atoms with Crippen molar-refractivity contribution in [2.24, 2.45) is 0 Å². The molecule has 5 rings (SSSR count). The first-order valence-corrected chi connectivity index (χ1v) is 10.4. The predicted octanol–water partition coefficient (Wildman–Crippen LogP) is 4.50. The molecule has 2 aromatic carbocycles. The van der Waals surface area contributed by atoms with Gasteiger partial charge in [0.25, 0.3) is 0 Å². The highest BCUT2D eigenvalue weighted by Gasteiger charge is 2.55. The number of halogens is 2. The lowest BCUT2D eigenvalue weighted by Crippen LogP contribution is -2.39. The summed E-state index contributed by atoms with van der Waals surface area (Å²) in [7, 11) is 0. The number of rotatable bonds is 4. The van der Waals surface area contributed by atoms with E-state index in [9.17, 15) is 14.7 Å². The predicted molar refractivity (Wildman–Crippen MR) is 114 cm³/mol. The van der Waals surface area contributed by atoms with Crippen molar-refractivity contribution in [2.45, 2.75) is 38.1 Å². The van der Waals surface area contributed by atoms with E-state index in [1.165, 1.54) is 17.0 Å². The lowest BCUT2D eigenvalue weighted by Gasteiger charge is -2.23. The number of carboxylic acids is 1. The van der Waals surface area contributed by atoms with E-state index in [4.69, 9.17) is 11.6 Å². The Morgan fingerprint density at radius 2 is 2.03 bits per heavy atom. The average Bonchev–Trinajstić information content (AvgIpc) is 3.41. The van der Waals surface area contributed by atoms with Crippen LogP contribution in [0, 0.1) is 5.82 Å². The molecule has 1 aliphatic carbocycles. The number of aromatic carboxylic acids is 1. The molecule has 1 amide bonds.